The van der Waals surface area contributed by atoms with Gasteiger partial charge in [0.05, 0.1) is 12.0 Å². The van der Waals surface area contributed by atoms with Crippen molar-refractivity contribution in [1.29, 1.82) is 0 Å². The molecular weight excluding hydrogens is 350 g/mol. The van der Waals surface area contributed by atoms with Gasteiger partial charge in [-0.2, -0.15) is 0 Å². The average Bonchev–Trinajstić information content (AvgIpc) is 3.19. The van der Waals surface area contributed by atoms with Gasteiger partial charge in [-0.05, 0) is 35.4 Å². The first-order chi connectivity index (χ1) is 13.8. The molecule has 0 radical (unpaired) electrons. The molecule has 0 aliphatic carbocycles. The van der Waals surface area contributed by atoms with Crippen LogP contribution in [0.1, 0.15) is 11.1 Å². The molecule has 0 aliphatic heterocycles. The third kappa shape index (κ3) is 4.39. The molecule has 0 aliphatic rings. The number of amides is 2. The number of carbonyl (C=O) groups is 1. The van der Waals surface area contributed by atoms with Gasteiger partial charge in [0, 0.05) is 24.2 Å². The van der Waals surface area contributed by atoms with Crippen molar-refractivity contribution in [2.45, 2.75) is 13.1 Å². The standard InChI is InChI=1S/C23H21N3O2/c27-23(26-21-11-5-9-19-12-13-28-22(19)21)25-20-10-4-8-18(14-20)16-24-15-17-6-2-1-3-7-17/h1-14,24H,15-16H2,(H2,25,26,27). The highest BCUT2D eigenvalue weighted by atomic mass is 16.3. The molecule has 3 aromatic carbocycles. The van der Waals surface area contributed by atoms with Gasteiger partial charge in [-0.1, -0.05) is 54.6 Å². The highest BCUT2D eigenvalue weighted by Crippen LogP contribution is 2.24. The van der Waals surface area contributed by atoms with Crippen LogP contribution in [0.5, 0.6) is 0 Å². The molecule has 0 spiro atoms. The number of hydrogen-bond donors (Lipinski definition) is 3. The molecule has 2 amide bonds. The third-order valence-electron chi connectivity index (χ3n) is 4.41. The number of nitrogens with one attached hydrogen (secondary N) is 3. The van der Waals surface area contributed by atoms with Crippen LogP contribution >= 0.6 is 0 Å². The van der Waals surface area contributed by atoms with E-state index < -0.39 is 0 Å². The Bertz CT molecular complexity index is 1070. The van der Waals surface area contributed by atoms with E-state index in [1.54, 1.807) is 6.26 Å². The van der Waals surface area contributed by atoms with Crippen LogP contribution in [0.15, 0.2) is 89.5 Å². The molecule has 1 aromatic heterocycles. The van der Waals surface area contributed by atoms with Crippen molar-refractivity contribution < 1.29 is 9.21 Å². The fourth-order valence-corrected chi connectivity index (χ4v) is 3.08. The number of hydrogen-bond acceptors (Lipinski definition) is 3. The van der Waals surface area contributed by atoms with Gasteiger partial charge in [0.2, 0.25) is 0 Å². The zero-order valence-electron chi connectivity index (χ0n) is 15.3. The number of rotatable bonds is 6. The Labute approximate surface area is 163 Å². The number of carbonyl (C=O) groups excluding carboxylic acids is 1. The van der Waals surface area contributed by atoms with Gasteiger partial charge in [-0.25, -0.2) is 4.79 Å². The number of anilines is 2. The van der Waals surface area contributed by atoms with Gasteiger partial charge >= 0.3 is 6.03 Å². The second-order valence-electron chi connectivity index (χ2n) is 6.51. The van der Waals surface area contributed by atoms with Gasteiger partial charge in [0.15, 0.2) is 5.58 Å². The van der Waals surface area contributed by atoms with Crippen LogP contribution in [-0.2, 0) is 13.1 Å². The molecule has 0 saturated heterocycles. The zero-order chi connectivity index (χ0) is 19.2. The summed E-state index contributed by atoms with van der Waals surface area (Å²) in [7, 11) is 0. The van der Waals surface area contributed by atoms with Crippen LogP contribution in [0, 0.1) is 0 Å². The number of para-hydroxylation sites is 1. The molecule has 4 rings (SSSR count). The van der Waals surface area contributed by atoms with Crippen molar-refractivity contribution >= 4 is 28.4 Å². The van der Waals surface area contributed by atoms with E-state index in [9.17, 15) is 4.79 Å². The predicted octanol–water partition coefficient (Wildman–Crippen LogP) is 5.37. The van der Waals surface area contributed by atoms with Gasteiger partial charge in [0.1, 0.15) is 0 Å². The molecule has 4 aromatic rings. The summed E-state index contributed by atoms with van der Waals surface area (Å²) in [5, 5.41) is 10.1. The van der Waals surface area contributed by atoms with Gasteiger partial charge < -0.3 is 20.4 Å². The van der Waals surface area contributed by atoms with E-state index in [1.807, 2.05) is 66.7 Å². The average molecular weight is 371 g/mol. The van der Waals surface area contributed by atoms with Crippen molar-refractivity contribution in [2.24, 2.45) is 0 Å². The number of urea groups is 1. The monoisotopic (exact) mass is 371 g/mol. The molecule has 0 saturated carbocycles. The van der Waals surface area contributed by atoms with E-state index in [0.717, 1.165) is 29.7 Å². The van der Waals surface area contributed by atoms with Gasteiger partial charge in [0.25, 0.3) is 0 Å². The molecule has 0 atom stereocenters. The zero-order valence-corrected chi connectivity index (χ0v) is 15.3. The van der Waals surface area contributed by atoms with Crippen LogP contribution in [0.3, 0.4) is 0 Å². The Morgan fingerprint density at radius 3 is 2.46 bits per heavy atom. The predicted molar refractivity (Wildman–Crippen MR) is 112 cm³/mol. The number of benzene rings is 3. The van der Waals surface area contributed by atoms with Crippen molar-refractivity contribution in [1.82, 2.24) is 5.32 Å². The fourth-order valence-electron chi connectivity index (χ4n) is 3.08. The summed E-state index contributed by atoms with van der Waals surface area (Å²) in [6, 6.07) is 25.2. The minimum atomic E-state index is -0.307. The quantitative estimate of drug-likeness (QED) is 0.427. The lowest BCUT2D eigenvalue weighted by molar-refractivity contribution is 0.262. The molecule has 5 nitrogen and oxygen atoms in total. The normalized spacial score (nSPS) is 10.7. The SMILES string of the molecule is O=C(Nc1cccc(CNCc2ccccc2)c1)Nc1cccc2ccoc12. The van der Waals surface area contributed by atoms with Crippen molar-refractivity contribution in [3.8, 4) is 0 Å². The highest BCUT2D eigenvalue weighted by Gasteiger charge is 2.08. The Balaban J connectivity index is 1.35. The summed E-state index contributed by atoms with van der Waals surface area (Å²) in [4.78, 5) is 12.4. The maximum absolute atomic E-state index is 12.4. The first-order valence-corrected chi connectivity index (χ1v) is 9.16. The maximum Gasteiger partial charge on any atom is 0.323 e. The van der Waals surface area contributed by atoms with Crippen molar-refractivity contribution in [3.63, 3.8) is 0 Å². The topological polar surface area (TPSA) is 66.3 Å². The van der Waals surface area contributed by atoms with Crippen LogP contribution < -0.4 is 16.0 Å². The molecule has 1 heterocycles. The summed E-state index contributed by atoms with van der Waals surface area (Å²) >= 11 is 0. The van der Waals surface area contributed by atoms with E-state index in [-0.39, 0.29) is 6.03 Å². The smallest absolute Gasteiger partial charge is 0.323 e. The molecule has 3 N–H and O–H groups in total. The molecule has 0 fully saturated rings. The van der Waals surface area contributed by atoms with Crippen molar-refractivity contribution in [3.05, 3.63) is 96.3 Å². The summed E-state index contributed by atoms with van der Waals surface area (Å²) < 4.78 is 5.45. The van der Waals surface area contributed by atoms with Crippen LogP contribution in [0.25, 0.3) is 11.0 Å². The summed E-state index contributed by atoms with van der Waals surface area (Å²) in [5.41, 5.74) is 4.38. The summed E-state index contributed by atoms with van der Waals surface area (Å²) in [5.74, 6) is 0. The Morgan fingerprint density at radius 2 is 1.57 bits per heavy atom. The van der Waals surface area contributed by atoms with Crippen molar-refractivity contribution in [2.75, 3.05) is 10.6 Å². The summed E-state index contributed by atoms with van der Waals surface area (Å²) in [6.07, 6.45) is 1.61. The second kappa shape index (κ2) is 8.41. The molecular formula is C23H21N3O2. The Kier molecular flexibility index (Phi) is 5.36. The minimum absolute atomic E-state index is 0.307. The number of fused-ring (bicyclic) bond motifs is 1. The number of furan rings is 1. The van der Waals surface area contributed by atoms with E-state index in [2.05, 4.69) is 28.1 Å². The van der Waals surface area contributed by atoms with Crippen LogP contribution in [0.2, 0.25) is 0 Å². The lowest BCUT2D eigenvalue weighted by Crippen LogP contribution is -2.19. The maximum atomic E-state index is 12.4. The molecule has 0 unspecified atom stereocenters. The highest BCUT2D eigenvalue weighted by molar-refractivity contribution is 6.04. The largest absolute Gasteiger partial charge is 0.462 e. The van der Waals surface area contributed by atoms with Gasteiger partial charge in [-0.3, -0.25) is 0 Å². The van der Waals surface area contributed by atoms with E-state index in [4.69, 9.17) is 4.42 Å². The first kappa shape index (κ1) is 17.8. The van der Waals surface area contributed by atoms with E-state index in [0.29, 0.717) is 11.3 Å². The van der Waals surface area contributed by atoms with E-state index in [1.165, 1.54) is 5.56 Å². The lowest BCUT2D eigenvalue weighted by atomic mass is 10.2. The molecule has 5 heteroatoms. The van der Waals surface area contributed by atoms with Crippen LogP contribution in [0.4, 0.5) is 16.2 Å². The fraction of sp³-hybridized carbons (Fsp3) is 0.0870. The second-order valence-corrected chi connectivity index (χ2v) is 6.51. The molecule has 28 heavy (non-hydrogen) atoms. The minimum Gasteiger partial charge on any atom is -0.462 e. The molecule has 140 valence electrons. The first-order valence-electron chi connectivity index (χ1n) is 9.16. The lowest BCUT2D eigenvalue weighted by Gasteiger charge is -2.10. The van der Waals surface area contributed by atoms with Gasteiger partial charge in [-0.15, -0.1) is 0 Å². The third-order valence-corrected chi connectivity index (χ3v) is 4.41. The van der Waals surface area contributed by atoms with E-state index >= 15 is 0 Å². The summed E-state index contributed by atoms with van der Waals surface area (Å²) in [6.45, 7) is 1.52. The Morgan fingerprint density at radius 1 is 0.786 bits per heavy atom. The molecule has 0 bridgehead atoms. The van der Waals surface area contributed by atoms with Crippen LogP contribution in [-0.4, -0.2) is 6.03 Å². The Hall–Kier alpha value is -3.57.